The van der Waals surface area contributed by atoms with Crippen LogP contribution in [0.5, 0.6) is 5.75 Å². The zero-order chi connectivity index (χ0) is 19.2. The topological polar surface area (TPSA) is 38.8 Å². The van der Waals surface area contributed by atoms with Crippen molar-refractivity contribution in [3.63, 3.8) is 0 Å². The number of rotatable bonds is 4. The molecule has 1 aromatic carbocycles. The van der Waals surface area contributed by atoms with Crippen LogP contribution in [0.15, 0.2) is 61.5 Å². The number of hydrogen-bond donors (Lipinski definition) is 0. The average molecular weight is 349 g/mol. The highest BCUT2D eigenvalue weighted by atomic mass is 19.1. The summed E-state index contributed by atoms with van der Waals surface area (Å²) in [5.41, 5.74) is 1.08. The summed E-state index contributed by atoms with van der Waals surface area (Å²) < 4.78 is 21.2. The van der Waals surface area contributed by atoms with E-state index in [-0.39, 0.29) is 12.2 Å². The van der Waals surface area contributed by atoms with Crippen LogP contribution in [0.3, 0.4) is 0 Å². The number of cyclic esters (lactones) is 1. The number of carbonyl (C=O) groups is 1. The maximum atomic E-state index is 11.4. The molecular weight excluding hydrogens is 321 g/mol. The van der Waals surface area contributed by atoms with E-state index in [1.165, 1.54) is 0 Å². The van der Waals surface area contributed by atoms with Crippen molar-refractivity contribution >= 4 is 6.09 Å². The van der Waals surface area contributed by atoms with Gasteiger partial charge in [-0.3, -0.25) is 0 Å². The molecule has 1 saturated heterocycles. The smallest absolute Gasteiger partial charge is 0.410 e. The van der Waals surface area contributed by atoms with Crippen molar-refractivity contribution < 1.29 is 18.7 Å². The molecule has 1 amide bonds. The van der Waals surface area contributed by atoms with Crippen LogP contribution in [0.1, 0.15) is 26.3 Å². The van der Waals surface area contributed by atoms with Crippen LogP contribution in [0.2, 0.25) is 0 Å². The Bertz CT molecular complexity index is 563. The minimum Gasteiger partial charge on any atom is -0.497 e. The van der Waals surface area contributed by atoms with Crippen LogP contribution >= 0.6 is 0 Å². The molecule has 2 rings (SSSR count). The molecule has 1 fully saturated rings. The maximum Gasteiger partial charge on any atom is 0.410 e. The molecule has 0 aromatic heterocycles. The van der Waals surface area contributed by atoms with Crippen LogP contribution < -0.4 is 4.74 Å². The Morgan fingerprint density at radius 3 is 2.20 bits per heavy atom. The number of nitrogens with zero attached hydrogens (tertiary/aromatic N) is 1. The molecule has 0 spiro atoms. The minimum absolute atomic E-state index is 0.00857. The van der Waals surface area contributed by atoms with Gasteiger partial charge < -0.3 is 14.4 Å². The number of halogens is 1. The van der Waals surface area contributed by atoms with E-state index in [4.69, 9.17) is 9.47 Å². The monoisotopic (exact) mass is 349 g/mol. The molecule has 0 saturated carbocycles. The molecule has 0 N–H and O–H groups in total. The van der Waals surface area contributed by atoms with E-state index in [9.17, 15) is 9.18 Å². The summed E-state index contributed by atoms with van der Waals surface area (Å²) in [4.78, 5) is 13.1. The summed E-state index contributed by atoms with van der Waals surface area (Å²) in [6.45, 7) is 13.1. The van der Waals surface area contributed by atoms with Gasteiger partial charge in [-0.1, -0.05) is 37.4 Å². The Balaban J connectivity index is 0.000000536. The molecule has 138 valence electrons. The lowest BCUT2D eigenvalue weighted by molar-refractivity contribution is 0.137. The lowest BCUT2D eigenvalue weighted by Crippen LogP contribution is -2.24. The average Bonchev–Trinajstić information content (AvgIpc) is 2.93. The highest BCUT2D eigenvalue weighted by Gasteiger charge is 2.27. The Labute approximate surface area is 150 Å². The molecule has 0 radical (unpaired) electrons. The molecule has 1 atom stereocenters. The third-order valence-corrected chi connectivity index (χ3v) is 3.13. The molecule has 4 nitrogen and oxygen atoms in total. The SMILES string of the molecule is C/C=C\C.C=CC(=C)F.COc1ccc(CN2CC(C)OC2=O)cc1. The van der Waals surface area contributed by atoms with Gasteiger partial charge >= 0.3 is 6.09 Å². The van der Waals surface area contributed by atoms with E-state index in [0.29, 0.717) is 13.1 Å². The van der Waals surface area contributed by atoms with Crippen LogP contribution in [0, 0.1) is 0 Å². The Hall–Kier alpha value is -2.56. The van der Waals surface area contributed by atoms with Crippen LogP contribution in [-0.2, 0) is 11.3 Å². The maximum absolute atomic E-state index is 11.4. The number of methoxy groups -OCH3 is 1. The fraction of sp³-hybridized carbons (Fsp3) is 0.350. The van der Waals surface area contributed by atoms with E-state index in [0.717, 1.165) is 17.4 Å². The van der Waals surface area contributed by atoms with Gasteiger partial charge in [0, 0.05) is 6.54 Å². The van der Waals surface area contributed by atoms with E-state index >= 15 is 0 Å². The predicted molar refractivity (Wildman–Crippen MR) is 100 cm³/mol. The molecule has 1 heterocycles. The predicted octanol–water partition coefficient (Wildman–Crippen LogP) is 5.27. The van der Waals surface area contributed by atoms with Crippen molar-refractivity contribution in [2.24, 2.45) is 0 Å². The van der Waals surface area contributed by atoms with Crippen molar-refractivity contribution in [3.05, 3.63) is 67.0 Å². The van der Waals surface area contributed by atoms with E-state index in [1.54, 1.807) is 12.0 Å². The van der Waals surface area contributed by atoms with Crippen molar-refractivity contribution in [3.8, 4) is 5.75 Å². The van der Waals surface area contributed by atoms with Gasteiger partial charge in [-0.2, -0.15) is 0 Å². The van der Waals surface area contributed by atoms with Crippen molar-refractivity contribution in [1.29, 1.82) is 0 Å². The first-order valence-electron chi connectivity index (χ1n) is 8.00. The van der Waals surface area contributed by atoms with Gasteiger partial charge in [-0.15, -0.1) is 0 Å². The number of hydrogen-bond acceptors (Lipinski definition) is 3. The molecule has 25 heavy (non-hydrogen) atoms. The fourth-order valence-electron chi connectivity index (χ4n) is 1.75. The molecule has 5 heteroatoms. The largest absolute Gasteiger partial charge is 0.497 e. The summed E-state index contributed by atoms with van der Waals surface area (Å²) >= 11 is 0. The van der Waals surface area contributed by atoms with E-state index in [2.05, 4.69) is 13.2 Å². The van der Waals surface area contributed by atoms with Gasteiger partial charge in [0.05, 0.1) is 13.7 Å². The molecule has 0 bridgehead atoms. The second kappa shape index (κ2) is 12.8. The molecular formula is C20H28FNO3. The number of amides is 1. The van der Waals surface area contributed by atoms with Gasteiger partial charge in [0.25, 0.3) is 0 Å². The first-order valence-corrected chi connectivity index (χ1v) is 8.00. The van der Waals surface area contributed by atoms with Gasteiger partial charge in [0.15, 0.2) is 0 Å². The standard InChI is InChI=1S/C12H15NO3.C4H5F.C4H8/c1-9-7-13(12(14)16-9)8-10-3-5-11(15-2)6-4-10;1-3-4(2)5;1-3-4-2/h3-6,9H,7-8H2,1-2H3;3H,1-2H2;3-4H,1-2H3/b;;4-3-. The third kappa shape index (κ3) is 10.0. The van der Waals surface area contributed by atoms with Crippen molar-refractivity contribution in [2.75, 3.05) is 13.7 Å². The van der Waals surface area contributed by atoms with Gasteiger partial charge in [-0.05, 0) is 44.5 Å². The first-order chi connectivity index (χ1) is 11.9. The number of carbonyl (C=O) groups excluding carboxylic acids is 1. The second-order valence-electron chi connectivity index (χ2n) is 5.24. The third-order valence-electron chi connectivity index (χ3n) is 3.13. The molecule has 1 unspecified atom stereocenters. The highest BCUT2D eigenvalue weighted by Crippen LogP contribution is 2.17. The molecule has 1 aliphatic rings. The normalized spacial score (nSPS) is 15.5. The summed E-state index contributed by atoms with van der Waals surface area (Å²) in [6, 6.07) is 7.69. The van der Waals surface area contributed by atoms with Gasteiger partial charge in [-0.25, -0.2) is 9.18 Å². The molecule has 1 aliphatic heterocycles. The lowest BCUT2D eigenvalue weighted by atomic mass is 10.2. The fourth-order valence-corrected chi connectivity index (χ4v) is 1.75. The zero-order valence-electron chi connectivity index (χ0n) is 15.5. The second-order valence-corrected chi connectivity index (χ2v) is 5.24. The van der Waals surface area contributed by atoms with Crippen LogP contribution in [0.25, 0.3) is 0 Å². The zero-order valence-corrected chi connectivity index (χ0v) is 15.5. The minimum atomic E-state index is -0.481. The number of benzene rings is 1. The number of ether oxygens (including phenoxy) is 2. The summed E-state index contributed by atoms with van der Waals surface area (Å²) in [5, 5.41) is 0. The van der Waals surface area contributed by atoms with E-state index in [1.807, 2.05) is 57.2 Å². The Morgan fingerprint density at radius 2 is 1.88 bits per heavy atom. The summed E-state index contributed by atoms with van der Waals surface area (Å²) in [7, 11) is 1.63. The van der Waals surface area contributed by atoms with E-state index < -0.39 is 5.83 Å². The Kier molecular flexibility index (Phi) is 11.5. The lowest BCUT2D eigenvalue weighted by Gasteiger charge is -2.12. The van der Waals surface area contributed by atoms with Crippen molar-refractivity contribution in [2.45, 2.75) is 33.4 Å². The van der Waals surface area contributed by atoms with Crippen molar-refractivity contribution in [1.82, 2.24) is 4.90 Å². The highest BCUT2D eigenvalue weighted by molar-refractivity contribution is 5.69. The van der Waals surface area contributed by atoms with Gasteiger partial charge in [0.1, 0.15) is 17.7 Å². The number of allylic oxidation sites excluding steroid dienone is 4. The molecule has 1 aromatic rings. The van der Waals surface area contributed by atoms with Crippen LogP contribution in [-0.4, -0.2) is 30.8 Å². The molecule has 0 aliphatic carbocycles. The van der Waals surface area contributed by atoms with Gasteiger partial charge in [0.2, 0.25) is 0 Å². The first kappa shape index (κ1) is 22.4. The quantitative estimate of drug-likeness (QED) is 0.549. The summed E-state index contributed by atoms with van der Waals surface area (Å²) in [5.74, 6) is 0.339. The van der Waals surface area contributed by atoms with Crippen LogP contribution in [0.4, 0.5) is 9.18 Å². The summed E-state index contributed by atoms with van der Waals surface area (Å²) in [6.07, 6.45) is 4.81. The Morgan fingerprint density at radius 1 is 1.36 bits per heavy atom.